The van der Waals surface area contributed by atoms with Crippen molar-refractivity contribution in [3.8, 4) is 11.1 Å². The molecule has 0 saturated carbocycles. The minimum absolute atomic E-state index is 0. The van der Waals surface area contributed by atoms with E-state index in [4.69, 9.17) is 8.85 Å². The van der Waals surface area contributed by atoms with E-state index < -0.39 is 20.3 Å². The molecule has 1 aliphatic rings. The van der Waals surface area contributed by atoms with Gasteiger partial charge in [0.1, 0.15) is 0 Å². The van der Waals surface area contributed by atoms with Gasteiger partial charge in [0.05, 0.1) is 19.3 Å². The monoisotopic (exact) mass is 1790 g/mol. The summed E-state index contributed by atoms with van der Waals surface area (Å²) >= 11 is 2.76. The second-order valence-corrected chi connectivity index (χ2v) is 66.3. The molecule has 0 atom stereocenters. The van der Waals surface area contributed by atoms with Crippen LogP contribution < -0.4 is 10.4 Å². The Balaban J connectivity index is -0.000000101. The van der Waals surface area contributed by atoms with Crippen LogP contribution in [-0.2, 0) is 10.2 Å². The third-order valence-electron chi connectivity index (χ3n) is 22.8. The van der Waals surface area contributed by atoms with Crippen LogP contribution in [0.5, 0.6) is 0 Å². The van der Waals surface area contributed by atoms with E-state index in [9.17, 15) is 0 Å². The molecule has 0 amide bonds. The van der Waals surface area contributed by atoms with Crippen LogP contribution in [0.3, 0.4) is 0 Å². The van der Waals surface area contributed by atoms with E-state index in [2.05, 4.69) is 473 Å². The van der Waals surface area contributed by atoms with E-state index in [1.165, 1.54) is 33.4 Å². The second-order valence-electron chi connectivity index (χ2n) is 51.8. The number of ether oxygens (including phenoxy) is 1. The van der Waals surface area contributed by atoms with E-state index in [1.807, 2.05) is 60.2 Å². The van der Waals surface area contributed by atoms with Crippen molar-refractivity contribution in [2.75, 3.05) is 4.90 Å². The van der Waals surface area contributed by atoms with Crippen LogP contribution >= 0.6 is 11.8 Å². The molecule has 720 valence electrons. The van der Waals surface area contributed by atoms with E-state index in [0.717, 1.165) is 15.0 Å². The molecule has 1 aliphatic carbocycles. The summed E-state index contributed by atoms with van der Waals surface area (Å²) in [5.74, 6) is 0. The van der Waals surface area contributed by atoms with Crippen molar-refractivity contribution in [2.24, 2.45) is 43.3 Å². The molecule has 0 bridgehead atoms. The molecule has 4 aromatic carbocycles. The summed E-state index contributed by atoms with van der Waals surface area (Å²) in [5.41, 5.74) is 9.10. The summed E-state index contributed by atoms with van der Waals surface area (Å²) in [5, 5.41) is 1.65. The van der Waals surface area contributed by atoms with Crippen LogP contribution in [0.15, 0.2) is 109 Å². The molecule has 0 aromatic heterocycles. The number of hydrogen-bond acceptors (Lipinski definition) is 3. The Labute approximate surface area is 783 Å². The van der Waals surface area contributed by atoms with E-state index in [0.29, 0.717) is 61.8 Å². The third-order valence-corrected chi connectivity index (χ3v) is 34.1. The molecule has 0 aliphatic heterocycles. The Morgan fingerprint density at radius 1 is 0.325 bits per heavy atom. The fraction of sp³-hybridized carbons (Fsp3) is 0.789. The van der Waals surface area contributed by atoms with Gasteiger partial charge < -0.3 is 9.64 Å². The Bertz CT molecular complexity index is 3000. The zero-order chi connectivity index (χ0) is 93.0. The van der Waals surface area contributed by atoms with Crippen molar-refractivity contribution in [1.82, 2.24) is 0 Å². The first-order chi connectivity index (χ1) is 49.0. The third kappa shape index (κ3) is 50.5. The summed E-state index contributed by atoms with van der Waals surface area (Å²) in [4.78, 5) is 2.46. The molecule has 120 heavy (non-hydrogen) atoms. The van der Waals surface area contributed by atoms with Crippen LogP contribution in [0.1, 0.15) is 484 Å². The van der Waals surface area contributed by atoms with Crippen molar-refractivity contribution in [2.45, 2.75) is 548 Å². The normalized spacial score (nSPS) is 13.9. The predicted octanol–water partition coefficient (Wildman–Crippen LogP) is 41.4. The Morgan fingerprint density at radius 3 is 0.692 bits per heavy atom. The van der Waals surface area contributed by atoms with Gasteiger partial charge in [-0.1, -0.05) is 470 Å². The molecule has 0 unspecified atom stereocenters. The van der Waals surface area contributed by atoms with Crippen LogP contribution in [0, 0.1) is 43.3 Å². The number of rotatable bonds is 2. The van der Waals surface area contributed by atoms with Crippen molar-refractivity contribution >= 4 is 52.7 Å². The number of fused-ring (bicyclic) bond motifs is 3. The van der Waals surface area contributed by atoms with Gasteiger partial charge in [-0.15, -0.1) is 0 Å². The Morgan fingerprint density at radius 2 is 0.558 bits per heavy atom. The number of anilines is 1. The van der Waals surface area contributed by atoms with Gasteiger partial charge in [0.2, 0.25) is 0 Å². The van der Waals surface area contributed by atoms with Crippen LogP contribution in [-0.4, -0.2) is 61.5 Å². The van der Waals surface area contributed by atoms with E-state index in [-0.39, 0.29) is 116 Å². The molecule has 0 radical (unpaired) electrons. The Hall–Kier alpha value is -2.21. The standard InChI is InChI=1S/C21H26.C14H23B.C14H23N.2C11H24.C10H24Si.C8H18O.C8H18S.C8H18Se.9CH4/c1-19(2,3)21(20(4,5)6)17-13-9-7-11-15(17)16-12-8-10-14-18(16)21;2*1-13(2,3)15(14(4,5)6)12-10-8-7-9-11-12;3*1-9(2,3)11(7,8)10(4,5)6;3*1-7(2,3)9-8(4,5)6;;;;;;;;;/h7-14H,1-6H3;2*7-11H,1-6H3;3*1-8H3;3*1-6H3;9*1H4/i;;;7D3;;;;;;;;;;;;;;. The largest absolute Gasteiger partial charge is 0.0686 e. The molecule has 0 N–H and O–H groups in total. The van der Waals surface area contributed by atoms with Gasteiger partial charge in [0.25, 0.3) is 0 Å². The molecule has 4 aromatic rings. The molecular weight excluding hydrogens is 1550 g/mol. The molecule has 5 rings (SSSR count). The number of nitrogens with zero attached hydrogens (tertiary/aromatic N) is 1. The summed E-state index contributed by atoms with van der Waals surface area (Å²) in [6, 6.07) is 39.4. The SMILES string of the molecule is C.C.C.C.C.C.C.C.C.CC(C)(C)B(c1ccccc1)C(C)(C)C.CC(C)(C)C(C)(C)C(C)(C)C.CC(C)(C)C1(C(C)(C)C)c2ccccc2-c2ccccc21.CC(C)(C)N(c1ccccc1)C(C)(C)C.CC(C)(C)OC(C)(C)C.CC(C)(C)SC(C)(C)C.CC(C)(C)[Se]C(C)(C)C.CC(C)(C)[Si](C)(C)C(C)(C)C.[2H]C([2H])([2H])C(C)(C(C)(C)C)C(C)(C)C. The minimum atomic E-state index is -1.93. The number of para-hydroxylation sites is 1. The maximum absolute atomic E-state index is 7.73. The van der Waals surface area contributed by atoms with Crippen molar-refractivity contribution in [3.63, 3.8) is 0 Å². The molecule has 0 fully saturated rings. The average Bonchev–Trinajstić information content (AvgIpc) is 1.53. The molecular formula is C114H234BNOSSeSi. The smallest absolute Gasteiger partial charge is 0.0581 e. The maximum atomic E-state index is 7.73. The number of thioether (sulfide) groups is 1. The predicted molar refractivity (Wildman–Crippen MR) is 587 cm³/mol. The van der Waals surface area contributed by atoms with Crippen LogP contribution in [0.25, 0.3) is 11.1 Å². The summed E-state index contributed by atoms with van der Waals surface area (Å²) in [7, 11) is -1.11. The van der Waals surface area contributed by atoms with Gasteiger partial charge in [0, 0.05) is 35.8 Å². The van der Waals surface area contributed by atoms with Crippen LogP contribution in [0.4, 0.5) is 5.69 Å². The quantitative estimate of drug-likeness (QED) is 0.186. The average molecular weight is 1790 g/mol. The summed E-state index contributed by atoms with van der Waals surface area (Å²) in [6.07, 6.45) is 0. The van der Waals surface area contributed by atoms with Gasteiger partial charge in [-0.3, -0.25) is 0 Å². The number of hydrogen-bond donors (Lipinski definition) is 0. The minimum Gasteiger partial charge on any atom is -0.0686 e. The topological polar surface area (TPSA) is 12.5 Å². The fourth-order valence-corrected chi connectivity index (χ4v) is 24.4. The first-order valence-electron chi connectivity index (χ1n) is 44.2. The van der Waals surface area contributed by atoms with Crippen LogP contribution in [0.2, 0.25) is 42.4 Å². The molecule has 0 heterocycles. The maximum Gasteiger partial charge on any atom is 0.0581 e. The van der Waals surface area contributed by atoms with Gasteiger partial charge in [-0.2, -0.15) is 11.8 Å². The van der Waals surface area contributed by atoms with Crippen molar-refractivity contribution < 1.29 is 8.85 Å². The zero-order valence-corrected chi connectivity index (χ0v) is 89.7. The van der Waals surface area contributed by atoms with E-state index in [1.54, 1.807) is 0 Å². The van der Waals surface area contributed by atoms with E-state index >= 15 is 0 Å². The molecule has 0 spiro atoms. The van der Waals surface area contributed by atoms with Gasteiger partial charge in [0.15, 0.2) is 6.71 Å². The van der Waals surface area contributed by atoms with Crippen molar-refractivity contribution in [3.05, 3.63) is 120 Å². The summed E-state index contributed by atoms with van der Waals surface area (Å²) < 4.78 is 30.7. The zero-order valence-electron chi connectivity index (χ0n) is 89.1. The number of benzene rings is 4. The molecule has 6 heteroatoms. The second kappa shape index (κ2) is 51.3. The van der Waals surface area contributed by atoms with Gasteiger partial charge in [-0.25, -0.2) is 0 Å². The summed E-state index contributed by atoms with van der Waals surface area (Å²) in [6.45, 7) is 132. The van der Waals surface area contributed by atoms with Crippen molar-refractivity contribution in [1.29, 1.82) is 0 Å². The van der Waals surface area contributed by atoms with Gasteiger partial charge >= 0.3 is 65.1 Å². The van der Waals surface area contributed by atoms with Gasteiger partial charge in [-0.05, 0) is 171 Å². The fourth-order valence-electron chi connectivity index (χ4n) is 16.4. The molecule has 2 nitrogen and oxygen atoms in total. The molecule has 0 saturated heterocycles. The Kier molecular flexibility index (Phi) is 59.1. The first-order valence-corrected chi connectivity index (χ1v) is 48.3. The first kappa shape index (κ1) is 138.